The summed E-state index contributed by atoms with van der Waals surface area (Å²) in [6, 6.07) is 4.92. The third-order valence-electron chi connectivity index (χ3n) is 3.94. The maximum atomic E-state index is 13.2. The molecule has 1 aromatic carbocycles. The molecule has 0 amide bonds. The van der Waals surface area contributed by atoms with Gasteiger partial charge in [0.2, 0.25) is 5.88 Å². The van der Waals surface area contributed by atoms with Gasteiger partial charge in [-0.05, 0) is 17.7 Å². The van der Waals surface area contributed by atoms with Gasteiger partial charge >= 0.3 is 5.69 Å². The van der Waals surface area contributed by atoms with Crippen LogP contribution in [0.15, 0.2) is 29.1 Å². The molecule has 0 saturated carbocycles. The molecule has 4 rings (SSSR count). The first-order valence-corrected chi connectivity index (χ1v) is 7.14. The smallest absolute Gasteiger partial charge is 0.352 e. The summed E-state index contributed by atoms with van der Waals surface area (Å²) in [5, 5.41) is 0. The second kappa shape index (κ2) is 5.31. The Morgan fingerprint density at radius 3 is 2.83 bits per heavy atom. The molecule has 1 saturated heterocycles. The molecule has 6 nitrogen and oxygen atoms in total. The maximum absolute atomic E-state index is 13.2. The van der Waals surface area contributed by atoms with Crippen LogP contribution >= 0.6 is 0 Å². The van der Waals surface area contributed by atoms with E-state index in [1.54, 1.807) is 10.6 Å². The highest BCUT2D eigenvalue weighted by molar-refractivity contribution is 5.47. The molecule has 0 bridgehead atoms. The van der Waals surface area contributed by atoms with E-state index in [0.29, 0.717) is 31.3 Å². The van der Waals surface area contributed by atoms with Gasteiger partial charge < -0.3 is 14.4 Å². The largest absolute Gasteiger partial charge is 0.473 e. The molecule has 23 heavy (non-hydrogen) atoms. The fraction of sp³-hybridized carbons (Fsp3) is 0.333. The Kier molecular flexibility index (Phi) is 3.26. The van der Waals surface area contributed by atoms with Crippen molar-refractivity contribution in [3.8, 4) is 5.88 Å². The highest BCUT2D eigenvalue weighted by Gasteiger charge is 2.35. The van der Waals surface area contributed by atoms with E-state index in [4.69, 9.17) is 9.47 Å². The molecule has 8 heteroatoms. The average molecular weight is 321 g/mol. The van der Waals surface area contributed by atoms with Crippen LogP contribution in [0.4, 0.5) is 14.6 Å². The van der Waals surface area contributed by atoms with Crippen LogP contribution in [0, 0.1) is 11.6 Å². The molecule has 1 aromatic heterocycles. The summed E-state index contributed by atoms with van der Waals surface area (Å²) in [7, 11) is 0. The molecule has 2 aromatic rings. The molecule has 0 spiro atoms. The Morgan fingerprint density at radius 1 is 1.26 bits per heavy atom. The van der Waals surface area contributed by atoms with Crippen molar-refractivity contribution in [2.45, 2.75) is 19.2 Å². The number of aromatic nitrogens is 2. The second-order valence-corrected chi connectivity index (χ2v) is 5.54. The van der Waals surface area contributed by atoms with Crippen LogP contribution in [0.1, 0.15) is 5.56 Å². The number of rotatable bonds is 3. The number of fused-ring (bicyclic) bond motifs is 3. The van der Waals surface area contributed by atoms with Gasteiger partial charge in [0.1, 0.15) is 30.8 Å². The van der Waals surface area contributed by atoms with E-state index in [2.05, 4.69) is 4.98 Å². The minimum atomic E-state index is -0.678. The van der Waals surface area contributed by atoms with Crippen LogP contribution in [-0.2, 0) is 17.9 Å². The number of benzene rings is 1. The third-order valence-corrected chi connectivity index (χ3v) is 3.94. The molecular formula is C15H13F2N3O3. The van der Waals surface area contributed by atoms with Crippen LogP contribution in [-0.4, -0.2) is 28.9 Å². The summed E-state index contributed by atoms with van der Waals surface area (Å²) >= 11 is 0. The molecule has 120 valence electrons. The van der Waals surface area contributed by atoms with Crippen LogP contribution in [0.2, 0.25) is 0 Å². The molecule has 1 fully saturated rings. The summed E-state index contributed by atoms with van der Waals surface area (Å²) in [6.07, 6.45) is 0. The van der Waals surface area contributed by atoms with Crippen molar-refractivity contribution in [2.24, 2.45) is 0 Å². The summed E-state index contributed by atoms with van der Waals surface area (Å²) in [6.45, 7) is 1.45. The van der Waals surface area contributed by atoms with Crippen molar-refractivity contribution in [2.75, 3.05) is 18.2 Å². The zero-order chi connectivity index (χ0) is 16.0. The van der Waals surface area contributed by atoms with Gasteiger partial charge in [-0.15, -0.1) is 0 Å². The lowest BCUT2D eigenvalue weighted by Crippen LogP contribution is -2.26. The van der Waals surface area contributed by atoms with Crippen molar-refractivity contribution >= 4 is 5.82 Å². The van der Waals surface area contributed by atoms with Crippen LogP contribution in [0.3, 0.4) is 0 Å². The molecule has 2 aliphatic heterocycles. The number of hydrogen-bond donors (Lipinski definition) is 0. The zero-order valence-electron chi connectivity index (χ0n) is 12.0. The summed E-state index contributed by atoms with van der Waals surface area (Å²) in [5.41, 5.74) is -0.0791. The second-order valence-electron chi connectivity index (χ2n) is 5.54. The first kappa shape index (κ1) is 14.1. The zero-order valence-corrected chi connectivity index (χ0v) is 12.0. The Bertz CT molecular complexity index is 804. The maximum Gasteiger partial charge on any atom is 0.352 e. The van der Waals surface area contributed by atoms with Gasteiger partial charge in [0.05, 0.1) is 19.2 Å². The van der Waals surface area contributed by atoms with E-state index in [1.807, 2.05) is 4.90 Å². The van der Waals surface area contributed by atoms with Gasteiger partial charge in [-0.2, -0.15) is 4.98 Å². The molecular weight excluding hydrogens is 308 g/mol. The average Bonchev–Trinajstić information content (AvgIpc) is 3.06. The minimum absolute atomic E-state index is 0.0789. The van der Waals surface area contributed by atoms with Crippen molar-refractivity contribution in [3.63, 3.8) is 0 Å². The molecule has 0 aliphatic carbocycles. The van der Waals surface area contributed by atoms with E-state index in [9.17, 15) is 13.6 Å². The van der Waals surface area contributed by atoms with Gasteiger partial charge in [-0.3, -0.25) is 4.57 Å². The van der Waals surface area contributed by atoms with Crippen molar-refractivity contribution in [3.05, 3.63) is 51.9 Å². The van der Waals surface area contributed by atoms with Crippen molar-refractivity contribution in [1.82, 2.24) is 9.55 Å². The van der Waals surface area contributed by atoms with Crippen molar-refractivity contribution < 1.29 is 18.3 Å². The first-order valence-electron chi connectivity index (χ1n) is 7.14. The molecule has 0 N–H and O–H groups in total. The van der Waals surface area contributed by atoms with Gasteiger partial charge in [-0.25, -0.2) is 13.6 Å². The lowest BCUT2D eigenvalue weighted by Gasteiger charge is -2.15. The lowest BCUT2D eigenvalue weighted by molar-refractivity contribution is 0.189. The van der Waals surface area contributed by atoms with E-state index in [-0.39, 0.29) is 18.5 Å². The molecule has 2 aliphatic rings. The van der Waals surface area contributed by atoms with Gasteiger partial charge in [0.15, 0.2) is 0 Å². The van der Waals surface area contributed by atoms with E-state index >= 15 is 0 Å². The standard InChI is InChI=1S/C15H13F2N3O3/c16-10-1-9(2-11(17)3-10)6-23-13-4-14-19(15(21)18-13)5-12-7-22-8-20(12)14/h1-4,12H,5-8H2/t12-/m0/s1. The molecule has 0 radical (unpaired) electrons. The number of nitrogens with zero attached hydrogens (tertiary/aromatic N) is 3. The normalized spacial score (nSPS) is 18.9. The molecule has 1 atom stereocenters. The lowest BCUT2D eigenvalue weighted by atomic mass is 10.2. The van der Waals surface area contributed by atoms with E-state index < -0.39 is 17.3 Å². The highest BCUT2D eigenvalue weighted by Crippen LogP contribution is 2.29. The fourth-order valence-electron chi connectivity index (χ4n) is 2.91. The van der Waals surface area contributed by atoms with Crippen LogP contribution < -0.4 is 15.3 Å². The number of ether oxygens (including phenoxy) is 2. The van der Waals surface area contributed by atoms with Gasteiger partial charge in [0, 0.05) is 12.1 Å². The Labute approximate surface area is 129 Å². The van der Waals surface area contributed by atoms with Gasteiger partial charge in [-0.1, -0.05) is 0 Å². The Balaban J connectivity index is 1.57. The number of anilines is 1. The van der Waals surface area contributed by atoms with Crippen molar-refractivity contribution in [1.29, 1.82) is 0 Å². The molecule has 0 unspecified atom stereocenters. The fourth-order valence-corrected chi connectivity index (χ4v) is 2.91. The van der Waals surface area contributed by atoms with E-state index in [1.165, 1.54) is 12.1 Å². The first-order chi connectivity index (χ1) is 11.1. The quantitative estimate of drug-likeness (QED) is 0.852. The Hall–Kier alpha value is -2.48. The number of halogens is 2. The summed E-state index contributed by atoms with van der Waals surface area (Å²) < 4.78 is 38.7. The predicted octanol–water partition coefficient (Wildman–Crippen LogP) is 1.28. The molecule has 3 heterocycles. The number of hydrogen-bond acceptors (Lipinski definition) is 5. The van der Waals surface area contributed by atoms with Crippen LogP contribution in [0.25, 0.3) is 0 Å². The minimum Gasteiger partial charge on any atom is -0.473 e. The predicted molar refractivity (Wildman–Crippen MR) is 76.3 cm³/mol. The third kappa shape index (κ3) is 2.55. The topological polar surface area (TPSA) is 56.6 Å². The van der Waals surface area contributed by atoms with Crippen LogP contribution in [0.5, 0.6) is 5.88 Å². The summed E-state index contributed by atoms with van der Waals surface area (Å²) in [4.78, 5) is 17.9. The monoisotopic (exact) mass is 321 g/mol. The summed E-state index contributed by atoms with van der Waals surface area (Å²) in [5.74, 6) is -0.545. The highest BCUT2D eigenvalue weighted by atomic mass is 19.1. The van der Waals surface area contributed by atoms with Gasteiger partial charge in [0.25, 0.3) is 0 Å². The Morgan fingerprint density at radius 2 is 2.04 bits per heavy atom. The van der Waals surface area contributed by atoms with E-state index in [0.717, 1.165) is 6.07 Å². The SMILES string of the molecule is O=c1nc(OCc2cc(F)cc(F)c2)cc2n1C[C@H]1COCN21.